The molecule has 4 rings (SSSR count). The van der Waals surface area contributed by atoms with Crippen molar-refractivity contribution < 1.29 is 14.6 Å². The zero-order valence-electron chi connectivity index (χ0n) is 17.4. The van der Waals surface area contributed by atoms with Crippen LogP contribution in [-0.4, -0.2) is 57.6 Å². The van der Waals surface area contributed by atoms with E-state index in [-0.39, 0.29) is 5.92 Å². The number of nitrogens with zero attached hydrogens (tertiary/aromatic N) is 5. The number of aryl methyl sites for hydroxylation is 2. The standard InChI is InChI=1S/C22H27N5O3/c1-26-14-18-17(6-3-7-19(18)25-26)20-21(24-16(13-23-20)5-4-12-30-2)27-10-8-15(9-11-27)22(28)29/h3,6-7,13-15H,4-5,8-12H2,1-2H3,(H,28,29). The fraction of sp³-hybridized carbons (Fsp3) is 0.455. The number of benzene rings is 1. The van der Waals surface area contributed by atoms with E-state index in [1.54, 1.807) is 11.8 Å². The minimum absolute atomic E-state index is 0.288. The Balaban J connectivity index is 1.73. The number of carbonyl (C=O) groups is 1. The van der Waals surface area contributed by atoms with Gasteiger partial charge in [0.05, 0.1) is 17.1 Å². The van der Waals surface area contributed by atoms with Crippen molar-refractivity contribution in [2.75, 3.05) is 31.7 Å². The zero-order chi connectivity index (χ0) is 21.1. The average molecular weight is 409 g/mol. The number of aromatic nitrogens is 4. The van der Waals surface area contributed by atoms with Crippen molar-refractivity contribution in [3.8, 4) is 11.3 Å². The molecule has 0 atom stereocenters. The van der Waals surface area contributed by atoms with Crippen molar-refractivity contribution in [3.63, 3.8) is 0 Å². The van der Waals surface area contributed by atoms with E-state index in [0.29, 0.717) is 32.5 Å². The van der Waals surface area contributed by atoms with Crippen molar-refractivity contribution in [2.45, 2.75) is 25.7 Å². The van der Waals surface area contributed by atoms with Gasteiger partial charge in [-0.25, -0.2) is 4.98 Å². The molecule has 0 unspecified atom stereocenters. The van der Waals surface area contributed by atoms with Crippen LogP contribution in [0.4, 0.5) is 5.82 Å². The Labute approximate surface area is 175 Å². The van der Waals surface area contributed by atoms with Gasteiger partial charge in [0.2, 0.25) is 0 Å². The Morgan fingerprint density at radius 3 is 2.83 bits per heavy atom. The van der Waals surface area contributed by atoms with E-state index in [1.807, 2.05) is 37.6 Å². The predicted molar refractivity (Wildman–Crippen MR) is 115 cm³/mol. The molecule has 3 heterocycles. The second kappa shape index (κ2) is 8.79. The molecular weight excluding hydrogens is 382 g/mol. The van der Waals surface area contributed by atoms with Crippen molar-refractivity contribution >= 4 is 22.7 Å². The number of aliphatic carboxylic acids is 1. The summed E-state index contributed by atoms with van der Waals surface area (Å²) in [5, 5.41) is 14.9. The minimum Gasteiger partial charge on any atom is -0.481 e. The molecule has 1 fully saturated rings. The smallest absolute Gasteiger partial charge is 0.306 e. The van der Waals surface area contributed by atoms with Crippen LogP contribution in [0, 0.1) is 5.92 Å². The molecule has 0 spiro atoms. The zero-order valence-corrected chi connectivity index (χ0v) is 17.4. The summed E-state index contributed by atoms with van der Waals surface area (Å²) < 4.78 is 6.97. The van der Waals surface area contributed by atoms with Gasteiger partial charge in [0.15, 0.2) is 5.82 Å². The Kier molecular flexibility index (Phi) is 5.94. The molecule has 8 nitrogen and oxygen atoms in total. The molecule has 0 radical (unpaired) electrons. The van der Waals surface area contributed by atoms with Gasteiger partial charge < -0.3 is 14.7 Å². The van der Waals surface area contributed by atoms with Crippen LogP contribution in [-0.2, 0) is 23.0 Å². The molecule has 1 aromatic carbocycles. The van der Waals surface area contributed by atoms with Crippen LogP contribution in [0.15, 0.2) is 30.6 Å². The summed E-state index contributed by atoms with van der Waals surface area (Å²) >= 11 is 0. The normalized spacial score (nSPS) is 15.1. The third-order valence-corrected chi connectivity index (χ3v) is 5.65. The van der Waals surface area contributed by atoms with E-state index < -0.39 is 5.97 Å². The Morgan fingerprint density at radius 2 is 2.10 bits per heavy atom. The molecular formula is C22H27N5O3. The monoisotopic (exact) mass is 409 g/mol. The summed E-state index contributed by atoms with van der Waals surface area (Å²) in [5.74, 6) is -0.177. The molecule has 8 heteroatoms. The third-order valence-electron chi connectivity index (χ3n) is 5.65. The van der Waals surface area contributed by atoms with Gasteiger partial charge in [0.25, 0.3) is 0 Å². The summed E-state index contributed by atoms with van der Waals surface area (Å²) in [4.78, 5) is 23.3. The maximum atomic E-state index is 11.4. The fourth-order valence-corrected chi connectivity index (χ4v) is 4.05. The largest absolute Gasteiger partial charge is 0.481 e. The van der Waals surface area contributed by atoms with Crippen LogP contribution in [0.2, 0.25) is 0 Å². The first-order chi connectivity index (χ1) is 14.6. The number of ether oxygens (including phenoxy) is 1. The summed E-state index contributed by atoms with van der Waals surface area (Å²) in [7, 11) is 3.60. The summed E-state index contributed by atoms with van der Waals surface area (Å²) in [6.45, 7) is 1.99. The number of rotatable bonds is 7. The number of fused-ring (bicyclic) bond motifs is 1. The highest BCUT2D eigenvalue weighted by Gasteiger charge is 2.27. The molecule has 3 aromatic rings. The quantitative estimate of drug-likeness (QED) is 0.600. The second-order valence-electron chi connectivity index (χ2n) is 7.77. The first kappa shape index (κ1) is 20.3. The van der Waals surface area contributed by atoms with Crippen molar-refractivity contribution in [1.29, 1.82) is 0 Å². The van der Waals surface area contributed by atoms with Gasteiger partial charge in [0.1, 0.15) is 5.69 Å². The number of hydrogen-bond donors (Lipinski definition) is 1. The number of anilines is 1. The molecule has 158 valence electrons. The lowest BCUT2D eigenvalue weighted by Gasteiger charge is -2.32. The van der Waals surface area contributed by atoms with Gasteiger partial charge in [-0.1, -0.05) is 12.1 Å². The number of piperidine rings is 1. The molecule has 30 heavy (non-hydrogen) atoms. The number of carboxylic acids is 1. The lowest BCUT2D eigenvalue weighted by Crippen LogP contribution is -2.37. The molecule has 1 aliphatic rings. The molecule has 0 bridgehead atoms. The average Bonchev–Trinajstić information content (AvgIpc) is 3.14. The van der Waals surface area contributed by atoms with E-state index in [2.05, 4.69) is 10.00 Å². The van der Waals surface area contributed by atoms with Crippen LogP contribution in [0.25, 0.3) is 22.2 Å². The Hall–Kier alpha value is -3.00. The Morgan fingerprint density at radius 1 is 1.30 bits per heavy atom. The molecule has 0 amide bonds. The van der Waals surface area contributed by atoms with E-state index >= 15 is 0 Å². The first-order valence-corrected chi connectivity index (χ1v) is 10.3. The van der Waals surface area contributed by atoms with E-state index in [4.69, 9.17) is 14.7 Å². The molecule has 1 aliphatic heterocycles. The second-order valence-corrected chi connectivity index (χ2v) is 7.77. The van der Waals surface area contributed by atoms with Gasteiger partial charge >= 0.3 is 5.97 Å². The summed E-state index contributed by atoms with van der Waals surface area (Å²) in [6, 6.07) is 6.02. The maximum Gasteiger partial charge on any atom is 0.306 e. The molecule has 1 N–H and O–H groups in total. The molecule has 2 aromatic heterocycles. The van der Waals surface area contributed by atoms with E-state index in [1.165, 1.54) is 0 Å². The van der Waals surface area contributed by atoms with Crippen LogP contribution in [0.1, 0.15) is 25.0 Å². The van der Waals surface area contributed by atoms with Gasteiger partial charge in [-0.05, 0) is 31.7 Å². The van der Waals surface area contributed by atoms with Gasteiger partial charge in [-0.15, -0.1) is 0 Å². The highest BCUT2D eigenvalue weighted by Crippen LogP contribution is 2.34. The van der Waals surface area contributed by atoms with Crippen LogP contribution >= 0.6 is 0 Å². The number of carboxylic acid groups (broad SMARTS) is 1. The molecule has 0 saturated carbocycles. The van der Waals surface area contributed by atoms with Crippen molar-refractivity contribution in [3.05, 3.63) is 36.3 Å². The van der Waals surface area contributed by atoms with Gasteiger partial charge in [0, 0.05) is 57.2 Å². The lowest BCUT2D eigenvalue weighted by atomic mass is 9.96. The van der Waals surface area contributed by atoms with E-state index in [9.17, 15) is 9.90 Å². The molecule has 1 saturated heterocycles. The third kappa shape index (κ3) is 4.14. The van der Waals surface area contributed by atoms with Gasteiger partial charge in [-0.3, -0.25) is 14.5 Å². The minimum atomic E-state index is -0.714. The van der Waals surface area contributed by atoms with Crippen LogP contribution in [0.3, 0.4) is 0 Å². The maximum absolute atomic E-state index is 11.4. The highest BCUT2D eigenvalue weighted by molar-refractivity contribution is 5.96. The first-order valence-electron chi connectivity index (χ1n) is 10.3. The van der Waals surface area contributed by atoms with Crippen LogP contribution < -0.4 is 4.90 Å². The van der Waals surface area contributed by atoms with Crippen molar-refractivity contribution in [1.82, 2.24) is 19.7 Å². The molecule has 0 aliphatic carbocycles. The summed E-state index contributed by atoms with van der Waals surface area (Å²) in [5.41, 5.74) is 3.64. The Bertz CT molecular complexity index is 1040. The van der Waals surface area contributed by atoms with Crippen LogP contribution in [0.5, 0.6) is 0 Å². The number of methoxy groups -OCH3 is 1. The predicted octanol–water partition coefficient (Wildman–Crippen LogP) is 2.91. The SMILES string of the molecule is COCCCc1cnc(-c2cccc3nn(C)cc23)c(N2CCC(C(=O)O)CC2)n1. The van der Waals surface area contributed by atoms with Gasteiger partial charge in [-0.2, -0.15) is 5.10 Å². The topological polar surface area (TPSA) is 93.4 Å². The fourth-order valence-electron chi connectivity index (χ4n) is 4.05. The lowest BCUT2D eigenvalue weighted by molar-refractivity contribution is -0.142. The van der Waals surface area contributed by atoms with E-state index in [0.717, 1.165) is 46.5 Å². The number of hydrogen-bond acceptors (Lipinski definition) is 6. The van der Waals surface area contributed by atoms with Crippen molar-refractivity contribution in [2.24, 2.45) is 13.0 Å². The summed E-state index contributed by atoms with van der Waals surface area (Å²) in [6.07, 6.45) is 6.73. The highest BCUT2D eigenvalue weighted by atomic mass is 16.5.